The van der Waals surface area contributed by atoms with Crippen molar-refractivity contribution < 1.29 is 24.9 Å². The number of aldehydes is 1. The second-order valence-corrected chi connectivity index (χ2v) is 1.75. The Morgan fingerprint density at radius 3 is 2.30 bits per heavy atom. The first-order valence-corrected chi connectivity index (χ1v) is 2.62. The molecule has 0 amide bonds. The topological polar surface area (TPSA) is 94.8 Å². The third-order valence-electron chi connectivity index (χ3n) is 0.955. The van der Waals surface area contributed by atoms with Crippen molar-refractivity contribution >= 4 is 12.3 Å². The summed E-state index contributed by atoms with van der Waals surface area (Å²) in [5.41, 5.74) is 0. The molecule has 0 aromatic carbocycles. The fourth-order valence-corrected chi connectivity index (χ4v) is 0.392. The number of rotatable bonds is 4. The predicted molar refractivity (Wildman–Crippen MR) is 30.3 cm³/mol. The van der Waals surface area contributed by atoms with Gasteiger partial charge in [0, 0.05) is 6.42 Å². The first kappa shape index (κ1) is 9.06. The van der Waals surface area contributed by atoms with Crippen molar-refractivity contribution in [3.05, 3.63) is 0 Å². The average Bonchev–Trinajstić information content (AvgIpc) is 1.87. The molecular formula is C5H8O5. The van der Waals surface area contributed by atoms with Gasteiger partial charge in [0.05, 0.1) is 6.10 Å². The lowest BCUT2D eigenvalue weighted by molar-refractivity contribution is -0.153. The van der Waals surface area contributed by atoms with Gasteiger partial charge < -0.3 is 20.1 Å². The summed E-state index contributed by atoms with van der Waals surface area (Å²) >= 11 is 0. The molecule has 2 atom stereocenters. The molecule has 0 rings (SSSR count). The van der Waals surface area contributed by atoms with Crippen LogP contribution in [0.1, 0.15) is 6.42 Å². The molecule has 10 heavy (non-hydrogen) atoms. The van der Waals surface area contributed by atoms with Crippen molar-refractivity contribution in [1.29, 1.82) is 0 Å². The van der Waals surface area contributed by atoms with Crippen LogP contribution in [0, 0.1) is 0 Å². The third-order valence-corrected chi connectivity index (χ3v) is 0.955. The molecule has 0 spiro atoms. The maximum absolute atomic E-state index is 9.89. The van der Waals surface area contributed by atoms with E-state index < -0.39 is 18.2 Å². The average molecular weight is 148 g/mol. The summed E-state index contributed by atoms with van der Waals surface area (Å²) in [4.78, 5) is 19.6. The summed E-state index contributed by atoms with van der Waals surface area (Å²) < 4.78 is 0. The van der Waals surface area contributed by atoms with Crippen LogP contribution in [-0.2, 0) is 9.59 Å². The number of carboxylic acid groups (broad SMARTS) is 1. The highest BCUT2D eigenvalue weighted by Gasteiger charge is 2.22. The van der Waals surface area contributed by atoms with Crippen LogP contribution in [0.2, 0.25) is 0 Å². The summed E-state index contributed by atoms with van der Waals surface area (Å²) in [6, 6.07) is 0. The van der Waals surface area contributed by atoms with Crippen LogP contribution in [0.5, 0.6) is 0 Å². The highest BCUT2D eigenvalue weighted by atomic mass is 16.4. The van der Waals surface area contributed by atoms with E-state index in [1.54, 1.807) is 0 Å². The van der Waals surface area contributed by atoms with Gasteiger partial charge >= 0.3 is 5.97 Å². The molecule has 0 radical (unpaired) electrons. The van der Waals surface area contributed by atoms with E-state index in [0.29, 0.717) is 6.29 Å². The zero-order valence-corrected chi connectivity index (χ0v) is 5.10. The van der Waals surface area contributed by atoms with Crippen LogP contribution in [0.4, 0.5) is 0 Å². The van der Waals surface area contributed by atoms with Crippen LogP contribution in [-0.4, -0.2) is 39.8 Å². The molecule has 3 N–H and O–H groups in total. The lowest BCUT2D eigenvalue weighted by Crippen LogP contribution is -2.33. The highest BCUT2D eigenvalue weighted by molar-refractivity contribution is 5.73. The Morgan fingerprint density at radius 2 is 2.00 bits per heavy atom. The van der Waals surface area contributed by atoms with Crippen molar-refractivity contribution in [3.8, 4) is 0 Å². The monoisotopic (exact) mass is 148 g/mol. The molecule has 0 bridgehead atoms. The quantitative estimate of drug-likeness (QED) is 0.416. The molecule has 0 saturated heterocycles. The van der Waals surface area contributed by atoms with E-state index in [9.17, 15) is 9.59 Å². The van der Waals surface area contributed by atoms with E-state index >= 15 is 0 Å². The van der Waals surface area contributed by atoms with Crippen molar-refractivity contribution in [3.63, 3.8) is 0 Å². The SMILES string of the molecule is O=CC[C@H](O)[C@H](O)C(=O)O. The molecular weight excluding hydrogens is 140 g/mol. The van der Waals surface area contributed by atoms with Gasteiger partial charge in [-0.3, -0.25) is 0 Å². The van der Waals surface area contributed by atoms with Crippen molar-refractivity contribution in [1.82, 2.24) is 0 Å². The number of aliphatic carboxylic acids is 1. The minimum absolute atomic E-state index is 0.344. The maximum Gasteiger partial charge on any atom is 0.335 e. The van der Waals surface area contributed by atoms with Crippen LogP contribution < -0.4 is 0 Å². The maximum atomic E-state index is 9.89. The summed E-state index contributed by atoms with van der Waals surface area (Å²) in [7, 11) is 0. The molecule has 58 valence electrons. The predicted octanol–water partition coefficient (Wildman–Crippen LogP) is -1.62. The smallest absolute Gasteiger partial charge is 0.335 e. The Kier molecular flexibility index (Phi) is 3.60. The van der Waals surface area contributed by atoms with Crippen molar-refractivity contribution in [2.45, 2.75) is 18.6 Å². The summed E-state index contributed by atoms with van der Waals surface area (Å²) in [6.45, 7) is 0. The zero-order valence-electron chi connectivity index (χ0n) is 5.10. The van der Waals surface area contributed by atoms with E-state index in [0.717, 1.165) is 0 Å². The summed E-state index contributed by atoms with van der Waals surface area (Å²) in [6.07, 6.45) is -3.40. The molecule has 5 nitrogen and oxygen atoms in total. The minimum atomic E-state index is -1.87. The van der Waals surface area contributed by atoms with Crippen LogP contribution in [0.25, 0.3) is 0 Å². The Morgan fingerprint density at radius 1 is 1.50 bits per heavy atom. The normalized spacial score (nSPS) is 15.8. The van der Waals surface area contributed by atoms with Gasteiger partial charge in [0.15, 0.2) is 6.10 Å². The standard InChI is InChI=1S/C5H8O5/c6-2-1-3(7)4(8)5(9)10/h2-4,7-8H,1H2,(H,9,10)/t3-,4-/m0/s1. The number of hydrogen-bond donors (Lipinski definition) is 3. The van der Waals surface area contributed by atoms with Crippen LogP contribution in [0.3, 0.4) is 0 Å². The summed E-state index contributed by atoms with van der Waals surface area (Å²) in [5.74, 6) is -1.53. The Labute approximate surface area is 56.9 Å². The second kappa shape index (κ2) is 3.97. The van der Waals surface area contributed by atoms with E-state index in [-0.39, 0.29) is 6.42 Å². The first-order valence-electron chi connectivity index (χ1n) is 2.62. The number of aliphatic hydroxyl groups excluding tert-OH is 2. The van der Waals surface area contributed by atoms with Crippen LogP contribution in [0.15, 0.2) is 0 Å². The molecule has 0 aliphatic rings. The lowest BCUT2D eigenvalue weighted by atomic mass is 10.1. The first-order chi connectivity index (χ1) is 4.59. The molecule has 0 aliphatic carbocycles. The van der Waals surface area contributed by atoms with Gasteiger partial charge in [0.2, 0.25) is 0 Å². The number of carbonyl (C=O) groups excluding carboxylic acids is 1. The van der Waals surface area contributed by atoms with E-state index in [1.165, 1.54) is 0 Å². The Hall–Kier alpha value is -0.940. The molecule has 0 aliphatic heterocycles. The summed E-state index contributed by atoms with van der Waals surface area (Å²) in [5, 5.41) is 25.2. The number of carboxylic acids is 1. The van der Waals surface area contributed by atoms with Gasteiger partial charge in [-0.05, 0) is 0 Å². The number of aliphatic hydroxyl groups is 2. The minimum Gasteiger partial charge on any atom is -0.479 e. The fraction of sp³-hybridized carbons (Fsp3) is 0.600. The third kappa shape index (κ3) is 2.56. The molecule has 0 fully saturated rings. The van der Waals surface area contributed by atoms with Gasteiger partial charge in [-0.2, -0.15) is 0 Å². The largest absolute Gasteiger partial charge is 0.479 e. The molecule has 0 aromatic heterocycles. The molecule has 0 unspecified atom stereocenters. The Bertz CT molecular complexity index is 132. The van der Waals surface area contributed by atoms with Crippen molar-refractivity contribution in [2.24, 2.45) is 0 Å². The lowest BCUT2D eigenvalue weighted by Gasteiger charge is -2.09. The van der Waals surface area contributed by atoms with Gasteiger partial charge in [-0.25, -0.2) is 4.79 Å². The molecule has 0 aromatic rings. The fourth-order valence-electron chi connectivity index (χ4n) is 0.392. The van der Waals surface area contributed by atoms with Crippen LogP contribution >= 0.6 is 0 Å². The van der Waals surface area contributed by atoms with Crippen molar-refractivity contribution in [2.75, 3.05) is 0 Å². The zero-order chi connectivity index (χ0) is 8.15. The Balaban J connectivity index is 3.80. The molecule has 5 heteroatoms. The molecule has 0 heterocycles. The van der Waals surface area contributed by atoms with E-state index in [1.807, 2.05) is 0 Å². The van der Waals surface area contributed by atoms with Gasteiger partial charge in [0.1, 0.15) is 6.29 Å². The van der Waals surface area contributed by atoms with E-state index in [4.69, 9.17) is 15.3 Å². The van der Waals surface area contributed by atoms with Gasteiger partial charge in [0.25, 0.3) is 0 Å². The number of carbonyl (C=O) groups is 2. The van der Waals surface area contributed by atoms with Gasteiger partial charge in [-0.1, -0.05) is 0 Å². The number of hydrogen-bond acceptors (Lipinski definition) is 4. The van der Waals surface area contributed by atoms with Gasteiger partial charge in [-0.15, -0.1) is 0 Å². The highest BCUT2D eigenvalue weighted by Crippen LogP contribution is 1.95. The second-order valence-electron chi connectivity index (χ2n) is 1.75. The van der Waals surface area contributed by atoms with E-state index in [2.05, 4.69) is 0 Å². The molecule has 0 saturated carbocycles.